The van der Waals surface area contributed by atoms with Crippen molar-refractivity contribution < 1.29 is 14.8 Å². The van der Waals surface area contributed by atoms with Crippen LogP contribution in [0, 0.1) is 10.1 Å². The van der Waals surface area contributed by atoms with Crippen LogP contribution < -0.4 is 5.32 Å². The molecule has 1 amide bonds. The smallest absolute Gasteiger partial charge is 0.310 e. The first-order chi connectivity index (χ1) is 10.1. The van der Waals surface area contributed by atoms with Crippen molar-refractivity contribution in [2.24, 2.45) is 0 Å². The summed E-state index contributed by atoms with van der Waals surface area (Å²) in [6.07, 6.45) is 7.80. The zero-order chi connectivity index (χ0) is 15.2. The molecule has 1 aliphatic rings. The van der Waals surface area contributed by atoms with Crippen molar-refractivity contribution in [3.05, 3.63) is 33.9 Å². The molecule has 2 rings (SSSR count). The van der Waals surface area contributed by atoms with Crippen molar-refractivity contribution in [1.82, 2.24) is 5.32 Å². The van der Waals surface area contributed by atoms with E-state index in [1.807, 2.05) is 0 Å². The molecule has 1 aromatic rings. The van der Waals surface area contributed by atoms with Gasteiger partial charge in [0.2, 0.25) is 0 Å². The summed E-state index contributed by atoms with van der Waals surface area (Å²) in [5.41, 5.74) is -0.141. The lowest BCUT2D eigenvalue weighted by Crippen LogP contribution is -2.35. The van der Waals surface area contributed by atoms with Crippen molar-refractivity contribution >= 4 is 11.6 Å². The van der Waals surface area contributed by atoms with E-state index in [1.54, 1.807) is 0 Å². The van der Waals surface area contributed by atoms with Crippen LogP contribution in [0.1, 0.15) is 55.3 Å². The summed E-state index contributed by atoms with van der Waals surface area (Å²) in [5, 5.41) is 23.2. The van der Waals surface area contributed by atoms with Gasteiger partial charge in [-0.1, -0.05) is 32.1 Å². The second-order valence-electron chi connectivity index (χ2n) is 5.48. The second-order valence-corrected chi connectivity index (χ2v) is 5.48. The molecule has 1 aliphatic carbocycles. The van der Waals surface area contributed by atoms with E-state index >= 15 is 0 Å². The fourth-order valence-corrected chi connectivity index (χ4v) is 2.69. The molecule has 0 heterocycles. The lowest BCUT2D eigenvalue weighted by atomic mass is 9.96. The number of nitro benzene ring substituents is 1. The van der Waals surface area contributed by atoms with Crippen LogP contribution in [-0.2, 0) is 0 Å². The number of phenolic OH excluding ortho intramolecular Hbond substituents is 1. The highest BCUT2D eigenvalue weighted by Crippen LogP contribution is 2.26. The highest BCUT2D eigenvalue weighted by Gasteiger charge is 2.18. The normalized spacial score (nSPS) is 16.8. The van der Waals surface area contributed by atoms with Crippen molar-refractivity contribution in [3.8, 4) is 5.75 Å². The maximum Gasteiger partial charge on any atom is 0.310 e. The Kier molecular flexibility index (Phi) is 5.14. The molecule has 0 aromatic heterocycles. The van der Waals surface area contributed by atoms with Gasteiger partial charge in [-0.2, -0.15) is 0 Å². The van der Waals surface area contributed by atoms with Crippen molar-refractivity contribution in [1.29, 1.82) is 0 Å². The molecule has 1 saturated carbocycles. The summed E-state index contributed by atoms with van der Waals surface area (Å²) >= 11 is 0. The fourth-order valence-electron chi connectivity index (χ4n) is 2.69. The molecule has 0 unspecified atom stereocenters. The highest BCUT2D eigenvalue weighted by molar-refractivity contribution is 5.95. The van der Waals surface area contributed by atoms with Crippen molar-refractivity contribution in [2.45, 2.75) is 51.0 Å². The van der Waals surface area contributed by atoms with Crippen molar-refractivity contribution in [3.63, 3.8) is 0 Å². The number of hydrogen-bond donors (Lipinski definition) is 2. The molecular weight excluding hydrogens is 272 g/mol. The van der Waals surface area contributed by atoms with Gasteiger partial charge in [0.15, 0.2) is 5.75 Å². The number of aromatic hydroxyl groups is 1. The monoisotopic (exact) mass is 292 g/mol. The minimum absolute atomic E-state index is 0.148. The largest absolute Gasteiger partial charge is 0.502 e. The van der Waals surface area contributed by atoms with Crippen LogP contribution in [0.5, 0.6) is 5.75 Å². The quantitative estimate of drug-likeness (QED) is 0.661. The molecular formula is C15H20N2O4. The van der Waals surface area contributed by atoms with Gasteiger partial charge >= 0.3 is 5.69 Å². The summed E-state index contributed by atoms with van der Waals surface area (Å²) < 4.78 is 0. The Morgan fingerprint density at radius 2 is 1.81 bits per heavy atom. The predicted molar refractivity (Wildman–Crippen MR) is 78.3 cm³/mol. The van der Waals surface area contributed by atoms with E-state index in [1.165, 1.54) is 25.3 Å². The zero-order valence-electron chi connectivity index (χ0n) is 11.9. The first-order valence-corrected chi connectivity index (χ1v) is 7.36. The number of nitro groups is 1. The maximum atomic E-state index is 12.2. The Bertz CT molecular complexity index is 522. The third-order valence-electron chi connectivity index (χ3n) is 3.87. The summed E-state index contributed by atoms with van der Waals surface area (Å²) in [6, 6.07) is 3.82. The molecule has 0 aliphatic heterocycles. The first kappa shape index (κ1) is 15.3. The standard InChI is InChI=1S/C15H20N2O4/c18-14-10-11(8-9-13(14)17(20)21)15(19)16-12-6-4-2-1-3-5-7-12/h8-10,12,18H,1-7H2,(H,16,19). The number of benzene rings is 1. The van der Waals surface area contributed by atoms with E-state index in [9.17, 15) is 20.0 Å². The van der Waals surface area contributed by atoms with Crippen LogP contribution in [0.2, 0.25) is 0 Å². The van der Waals surface area contributed by atoms with E-state index in [-0.39, 0.29) is 17.5 Å². The lowest BCUT2D eigenvalue weighted by molar-refractivity contribution is -0.385. The first-order valence-electron chi connectivity index (χ1n) is 7.36. The van der Waals surface area contributed by atoms with Crippen LogP contribution in [0.25, 0.3) is 0 Å². The van der Waals surface area contributed by atoms with Crippen molar-refractivity contribution in [2.75, 3.05) is 0 Å². The molecule has 6 nitrogen and oxygen atoms in total. The minimum atomic E-state index is -0.675. The van der Waals surface area contributed by atoms with Gasteiger partial charge in [-0.15, -0.1) is 0 Å². The van der Waals surface area contributed by atoms with Gasteiger partial charge in [-0.3, -0.25) is 14.9 Å². The molecule has 2 N–H and O–H groups in total. The van der Waals surface area contributed by atoms with Gasteiger partial charge in [-0.25, -0.2) is 0 Å². The second kappa shape index (κ2) is 7.06. The third kappa shape index (κ3) is 4.18. The van der Waals surface area contributed by atoms with Crippen LogP contribution in [0.4, 0.5) is 5.69 Å². The highest BCUT2D eigenvalue weighted by atomic mass is 16.6. The molecule has 0 atom stereocenters. The maximum absolute atomic E-state index is 12.2. The Morgan fingerprint density at radius 3 is 2.38 bits per heavy atom. The Labute approximate surface area is 123 Å². The number of rotatable bonds is 3. The zero-order valence-corrected chi connectivity index (χ0v) is 11.9. The number of carbonyl (C=O) groups is 1. The van der Waals surface area contributed by atoms with Gasteiger partial charge in [0.25, 0.3) is 5.91 Å². The average Bonchev–Trinajstić information content (AvgIpc) is 2.41. The van der Waals surface area contributed by atoms with E-state index in [0.29, 0.717) is 0 Å². The molecule has 0 spiro atoms. The van der Waals surface area contributed by atoms with E-state index in [2.05, 4.69) is 5.32 Å². The SMILES string of the molecule is O=C(NC1CCCCCCC1)c1ccc([N+](=O)[O-])c(O)c1. The van der Waals surface area contributed by atoms with Gasteiger partial charge in [0.1, 0.15) is 0 Å². The summed E-state index contributed by atoms with van der Waals surface area (Å²) in [7, 11) is 0. The van der Waals surface area contributed by atoms with Crippen LogP contribution in [0.15, 0.2) is 18.2 Å². The average molecular weight is 292 g/mol. The number of nitrogens with one attached hydrogen (secondary N) is 1. The number of hydrogen-bond acceptors (Lipinski definition) is 4. The van der Waals surface area contributed by atoms with Gasteiger partial charge in [0.05, 0.1) is 4.92 Å². The van der Waals surface area contributed by atoms with E-state index in [4.69, 9.17) is 0 Å². The molecule has 6 heteroatoms. The van der Waals surface area contributed by atoms with Crippen LogP contribution in [0.3, 0.4) is 0 Å². The van der Waals surface area contributed by atoms with E-state index < -0.39 is 16.4 Å². The molecule has 114 valence electrons. The molecule has 21 heavy (non-hydrogen) atoms. The summed E-state index contributed by atoms with van der Waals surface area (Å²) in [5.74, 6) is -0.768. The van der Waals surface area contributed by atoms with Gasteiger partial charge < -0.3 is 10.4 Å². The Balaban J connectivity index is 2.02. The van der Waals surface area contributed by atoms with E-state index in [0.717, 1.165) is 37.8 Å². The summed E-state index contributed by atoms with van der Waals surface area (Å²) in [6.45, 7) is 0. The number of nitrogens with zero attached hydrogens (tertiary/aromatic N) is 1. The minimum Gasteiger partial charge on any atom is -0.502 e. The predicted octanol–water partition coefficient (Wildman–Crippen LogP) is 3.14. The fraction of sp³-hybridized carbons (Fsp3) is 0.533. The number of carbonyl (C=O) groups excluding carboxylic acids is 1. The molecule has 1 aromatic carbocycles. The Hall–Kier alpha value is -2.11. The lowest BCUT2D eigenvalue weighted by Gasteiger charge is -2.21. The molecule has 0 bridgehead atoms. The summed E-state index contributed by atoms with van der Waals surface area (Å²) in [4.78, 5) is 22.1. The third-order valence-corrected chi connectivity index (χ3v) is 3.87. The van der Waals surface area contributed by atoms with Crippen LogP contribution in [-0.4, -0.2) is 22.0 Å². The Morgan fingerprint density at radius 1 is 1.19 bits per heavy atom. The van der Waals surface area contributed by atoms with Gasteiger partial charge in [0, 0.05) is 17.7 Å². The van der Waals surface area contributed by atoms with Crippen LogP contribution >= 0.6 is 0 Å². The molecule has 0 saturated heterocycles. The number of amides is 1. The molecule has 1 fully saturated rings. The number of phenols is 1. The molecule has 0 radical (unpaired) electrons. The van der Waals surface area contributed by atoms with Gasteiger partial charge in [-0.05, 0) is 25.0 Å². The topological polar surface area (TPSA) is 92.5 Å².